The molecule has 17 heavy (non-hydrogen) atoms. The fourth-order valence-electron chi connectivity index (χ4n) is 2.90. The van der Waals surface area contributed by atoms with Crippen LogP contribution in [0.2, 0.25) is 0 Å². The molecule has 0 saturated heterocycles. The van der Waals surface area contributed by atoms with Crippen molar-refractivity contribution < 1.29 is 4.39 Å². The van der Waals surface area contributed by atoms with Crippen molar-refractivity contribution in [2.24, 2.45) is 11.1 Å². The van der Waals surface area contributed by atoms with Crippen LogP contribution in [0.3, 0.4) is 0 Å². The lowest BCUT2D eigenvalue weighted by Crippen LogP contribution is -2.38. The van der Waals surface area contributed by atoms with Crippen LogP contribution >= 0.6 is 0 Å². The first-order chi connectivity index (χ1) is 7.89. The number of nitrogens with two attached hydrogens (primary N) is 1. The van der Waals surface area contributed by atoms with Gasteiger partial charge in [-0.3, -0.25) is 0 Å². The number of hydrogen-bond donors (Lipinski definition) is 1. The average molecular weight is 235 g/mol. The first-order valence-electron chi connectivity index (χ1n) is 6.41. The molecule has 0 heterocycles. The van der Waals surface area contributed by atoms with Gasteiger partial charge in [0.25, 0.3) is 0 Å². The van der Waals surface area contributed by atoms with E-state index in [0.717, 1.165) is 30.4 Å². The van der Waals surface area contributed by atoms with E-state index in [1.165, 1.54) is 0 Å². The van der Waals surface area contributed by atoms with Crippen molar-refractivity contribution >= 4 is 0 Å². The third-order valence-corrected chi connectivity index (χ3v) is 3.99. The Bertz CT molecular complexity index is 411. The van der Waals surface area contributed by atoms with E-state index in [2.05, 4.69) is 13.8 Å². The van der Waals surface area contributed by atoms with Crippen molar-refractivity contribution in [2.75, 3.05) is 0 Å². The molecule has 2 atom stereocenters. The summed E-state index contributed by atoms with van der Waals surface area (Å²) in [5.74, 6) is 0.0624. The first-order valence-corrected chi connectivity index (χ1v) is 6.41. The van der Waals surface area contributed by atoms with E-state index in [0.29, 0.717) is 0 Å². The highest BCUT2D eigenvalue weighted by molar-refractivity contribution is 5.29. The molecule has 2 rings (SSSR count). The maximum absolute atomic E-state index is 13.9. The minimum Gasteiger partial charge on any atom is -0.327 e. The van der Waals surface area contributed by atoms with Crippen molar-refractivity contribution in [3.8, 4) is 0 Å². The lowest BCUT2D eigenvalue weighted by molar-refractivity contribution is 0.196. The molecule has 0 spiro atoms. The highest BCUT2D eigenvalue weighted by Gasteiger charge is 2.35. The predicted molar refractivity (Wildman–Crippen MR) is 69.5 cm³/mol. The van der Waals surface area contributed by atoms with E-state index < -0.39 is 0 Å². The van der Waals surface area contributed by atoms with Crippen LogP contribution < -0.4 is 5.73 Å². The Labute approximate surface area is 103 Å². The van der Waals surface area contributed by atoms with Gasteiger partial charge >= 0.3 is 0 Å². The van der Waals surface area contributed by atoms with E-state index in [4.69, 9.17) is 5.73 Å². The smallest absolute Gasteiger partial charge is 0.126 e. The molecule has 2 unspecified atom stereocenters. The van der Waals surface area contributed by atoms with Crippen molar-refractivity contribution in [2.45, 2.75) is 52.0 Å². The van der Waals surface area contributed by atoms with Crippen LogP contribution in [0.25, 0.3) is 0 Å². The SMILES string of the molecule is Cc1ccc(F)c(C2CC(C)(C)CCC2N)c1. The van der Waals surface area contributed by atoms with Gasteiger partial charge < -0.3 is 5.73 Å². The molecule has 1 aliphatic carbocycles. The summed E-state index contributed by atoms with van der Waals surface area (Å²) in [6.07, 6.45) is 3.11. The fourth-order valence-corrected chi connectivity index (χ4v) is 2.90. The molecule has 0 amide bonds. The third kappa shape index (κ3) is 2.68. The average Bonchev–Trinajstić information content (AvgIpc) is 2.25. The number of hydrogen-bond acceptors (Lipinski definition) is 1. The molecule has 0 radical (unpaired) electrons. The van der Waals surface area contributed by atoms with Crippen LogP contribution in [-0.4, -0.2) is 6.04 Å². The van der Waals surface area contributed by atoms with Gasteiger partial charge in [-0.15, -0.1) is 0 Å². The number of benzene rings is 1. The Morgan fingerprint density at radius 2 is 2.06 bits per heavy atom. The standard InChI is InChI=1S/C15H22FN/c1-10-4-5-13(16)11(8-10)12-9-15(2,3)7-6-14(12)17/h4-5,8,12,14H,6-7,9,17H2,1-3H3. The van der Waals surface area contributed by atoms with Gasteiger partial charge in [-0.2, -0.15) is 0 Å². The number of halogens is 1. The van der Waals surface area contributed by atoms with Gasteiger partial charge in [-0.1, -0.05) is 31.5 Å². The van der Waals surface area contributed by atoms with Crippen LogP contribution in [0, 0.1) is 18.2 Å². The Balaban J connectivity index is 2.34. The minimum atomic E-state index is -0.103. The van der Waals surface area contributed by atoms with Gasteiger partial charge in [0, 0.05) is 12.0 Å². The molecule has 1 saturated carbocycles. The second-order valence-corrected chi connectivity index (χ2v) is 6.20. The lowest BCUT2D eigenvalue weighted by atomic mass is 9.68. The molecule has 2 N–H and O–H groups in total. The maximum atomic E-state index is 13.9. The van der Waals surface area contributed by atoms with Crippen molar-refractivity contribution in [3.05, 3.63) is 35.1 Å². The summed E-state index contributed by atoms with van der Waals surface area (Å²) in [5, 5.41) is 0. The Morgan fingerprint density at radius 3 is 2.76 bits per heavy atom. The van der Waals surface area contributed by atoms with Gasteiger partial charge in [0.2, 0.25) is 0 Å². The summed E-state index contributed by atoms with van der Waals surface area (Å²) in [6.45, 7) is 6.50. The highest BCUT2D eigenvalue weighted by Crippen LogP contribution is 2.43. The predicted octanol–water partition coefficient (Wildman–Crippen LogP) is 3.76. The molecule has 1 aromatic rings. The Hall–Kier alpha value is -0.890. The van der Waals surface area contributed by atoms with Crippen LogP contribution in [0.5, 0.6) is 0 Å². The Kier molecular flexibility index (Phi) is 3.26. The van der Waals surface area contributed by atoms with E-state index in [-0.39, 0.29) is 23.2 Å². The topological polar surface area (TPSA) is 26.0 Å². The third-order valence-electron chi connectivity index (χ3n) is 3.99. The molecule has 2 heteroatoms. The summed E-state index contributed by atoms with van der Waals surface area (Å²) >= 11 is 0. The normalized spacial score (nSPS) is 28.1. The zero-order valence-electron chi connectivity index (χ0n) is 11.0. The van der Waals surface area contributed by atoms with Crippen LogP contribution in [0.15, 0.2) is 18.2 Å². The largest absolute Gasteiger partial charge is 0.327 e. The second kappa shape index (κ2) is 4.41. The maximum Gasteiger partial charge on any atom is 0.126 e. The van der Waals surface area contributed by atoms with Gasteiger partial charge in [0.05, 0.1) is 0 Å². The summed E-state index contributed by atoms with van der Waals surface area (Å²) in [4.78, 5) is 0. The minimum absolute atomic E-state index is 0.0966. The van der Waals surface area contributed by atoms with Gasteiger partial charge in [-0.05, 0) is 43.2 Å². The van der Waals surface area contributed by atoms with Crippen molar-refractivity contribution in [1.29, 1.82) is 0 Å². The molecule has 94 valence electrons. The van der Waals surface area contributed by atoms with E-state index in [9.17, 15) is 4.39 Å². The number of rotatable bonds is 1. The molecule has 1 fully saturated rings. The molecule has 0 aromatic heterocycles. The van der Waals surface area contributed by atoms with Gasteiger partial charge in [0.1, 0.15) is 5.82 Å². The fraction of sp³-hybridized carbons (Fsp3) is 0.600. The number of aryl methyl sites for hydroxylation is 1. The summed E-state index contributed by atoms with van der Waals surface area (Å²) in [6, 6.07) is 5.44. The Morgan fingerprint density at radius 1 is 1.35 bits per heavy atom. The summed E-state index contributed by atoms with van der Waals surface area (Å²) in [5.41, 5.74) is 8.38. The van der Waals surface area contributed by atoms with E-state index in [1.807, 2.05) is 19.1 Å². The van der Waals surface area contributed by atoms with Crippen LogP contribution in [0.1, 0.15) is 50.2 Å². The van der Waals surface area contributed by atoms with Gasteiger partial charge in [0.15, 0.2) is 0 Å². The second-order valence-electron chi connectivity index (χ2n) is 6.20. The molecule has 1 aliphatic rings. The quantitative estimate of drug-likeness (QED) is 0.788. The molecule has 1 nitrogen and oxygen atoms in total. The molecule has 0 bridgehead atoms. The zero-order chi connectivity index (χ0) is 12.6. The summed E-state index contributed by atoms with van der Waals surface area (Å²) in [7, 11) is 0. The van der Waals surface area contributed by atoms with Crippen molar-refractivity contribution in [3.63, 3.8) is 0 Å². The molecular weight excluding hydrogens is 213 g/mol. The molecule has 0 aliphatic heterocycles. The lowest BCUT2D eigenvalue weighted by Gasteiger charge is -2.39. The molecule has 1 aromatic carbocycles. The van der Waals surface area contributed by atoms with Gasteiger partial charge in [-0.25, -0.2) is 4.39 Å². The van der Waals surface area contributed by atoms with Crippen molar-refractivity contribution in [1.82, 2.24) is 0 Å². The van der Waals surface area contributed by atoms with E-state index in [1.54, 1.807) is 6.07 Å². The first kappa shape index (κ1) is 12.6. The monoisotopic (exact) mass is 235 g/mol. The highest BCUT2D eigenvalue weighted by atomic mass is 19.1. The van der Waals surface area contributed by atoms with Crippen LogP contribution in [-0.2, 0) is 0 Å². The van der Waals surface area contributed by atoms with Crippen LogP contribution in [0.4, 0.5) is 4.39 Å². The zero-order valence-corrected chi connectivity index (χ0v) is 11.0. The summed E-state index contributed by atoms with van der Waals surface area (Å²) < 4.78 is 13.9. The van der Waals surface area contributed by atoms with E-state index >= 15 is 0 Å². The molecular formula is C15H22FN.